The van der Waals surface area contributed by atoms with Gasteiger partial charge in [0.2, 0.25) is 0 Å². The van der Waals surface area contributed by atoms with Crippen LogP contribution in [0.1, 0.15) is 99.3 Å². The molecule has 4 aliphatic rings. The van der Waals surface area contributed by atoms with Crippen LogP contribution in [0.5, 0.6) is 0 Å². The minimum Gasteiger partial charge on any atom is -0.393 e. The fourth-order valence-electron chi connectivity index (χ4n) is 8.68. The van der Waals surface area contributed by atoms with E-state index in [9.17, 15) is 10.2 Å². The smallest absolute Gasteiger partial charge is 0.0577 e. The Balaban J connectivity index is 1.51. The van der Waals surface area contributed by atoms with E-state index in [4.69, 9.17) is 0 Å². The highest BCUT2D eigenvalue weighted by Crippen LogP contribution is 2.67. The van der Waals surface area contributed by atoms with Gasteiger partial charge in [-0.05, 0) is 110 Å². The molecule has 0 heterocycles. The molecule has 0 aromatic rings. The number of aliphatic hydroxyl groups excluding tert-OH is 2. The van der Waals surface area contributed by atoms with Gasteiger partial charge in [-0.25, -0.2) is 0 Å². The van der Waals surface area contributed by atoms with Crippen LogP contribution >= 0.6 is 0 Å². The summed E-state index contributed by atoms with van der Waals surface area (Å²) in [5.41, 5.74) is 2.31. The topological polar surface area (TPSA) is 40.5 Å². The lowest BCUT2D eigenvalue weighted by Crippen LogP contribution is -2.51. The van der Waals surface area contributed by atoms with E-state index in [0.717, 1.165) is 37.0 Å². The van der Waals surface area contributed by atoms with Gasteiger partial charge in [-0.1, -0.05) is 53.2 Å². The second-order valence-electron chi connectivity index (χ2n) is 12.8. The van der Waals surface area contributed by atoms with E-state index in [-0.39, 0.29) is 12.2 Å². The molecule has 4 rings (SSSR count). The first kappa shape index (κ1) is 22.8. The Hall–Kier alpha value is -0.340. The summed E-state index contributed by atoms with van der Waals surface area (Å²) in [6.45, 7) is 14.3. The number of hydrogen-bond acceptors (Lipinski definition) is 2. The van der Waals surface area contributed by atoms with Crippen molar-refractivity contribution in [2.24, 2.45) is 52.3 Å². The second kappa shape index (κ2) is 8.22. The van der Waals surface area contributed by atoms with E-state index in [2.05, 4.69) is 47.6 Å². The van der Waals surface area contributed by atoms with Crippen molar-refractivity contribution in [2.45, 2.75) is 112 Å². The molecule has 0 radical (unpaired) electrons. The third-order valence-corrected chi connectivity index (χ3v) is 11.1. The Kier molecular flexibility index (Phi) is 6.26. The first-order valence-corrected chi connectivity index (χ1v) is 13.1. The molecule has 0 unspecified atom stereocenters. The molecule has 0 aromatic carbocycles. The molecular weight excluding hydrogens is 368 g/mol. The number of fused-ring (bicyclic) bond motifs is 5. The SMILES string of the molecule is CC(C)[C@H](C)C[C@H](O)[C@@H](C)[C@H]1CC[C@H]2[C@@H]3CC=C4C[C@@H](O)CC[C@]4(C)[C@@H]3CC[C@@]12C. The normalized spacial score (nSPS) is 46.4. The van der Waals surface area contributed by atoms with Crippen LogP contribution in [0.4, 0.5) is 0 Å². The summed E-state index contributed by atoms with van der Waals surface area (Å²) in [6, 6.07) is 0. The minimum absolute atomic E-state index is 0.110. The zero-order valence-electron chi connectivity index (χ0n) is 20.5. The average Bonchev–Trinajstić information content (AvgIpc) is 3.04. The van der Waals surface area contributed by atoms with Gasteiger partial charge in [0.15, 0.2) is 0 Å². The van der Waals surface area contributed by atoms with Gasteiger partial charge in [0.05, 0.1) is 12.2 Å². The van der Waals surface area contributed by atoms with E-state index in [1.807, 2.05) is 0 Å². The van der Waals surface area contributed by atoms with E-state index < -0.39 is 0 Å². The molecular formula is C28H48O2. The van der Waals surface area contributed by atoms with Crippen LogP contribution in [0.2, 0.25) is 0 Å². The number of allylic oxidation sites excluding steroid dienone is 1. The molecule has 0 amide bonds. The van der Waals surface area contributed by atoms with Crippen LogP contribution in [0.3, 0.4) is 0 Å². The van der Waals surface area contributed by atoms with Crippen LogP contribution in [0.15, 0.2) is 11.6 Å². The molecule has 0 spiro atoms. The van der Waals surface area contributed by atoms with Gasteiger partial charge in [0.1, 0.15) is 0 Å². The molecule has 3 fully saturated rings. The van der Waals surface area contributed by atoms with Gasteiger partial charge in [-0.3, -0.25) is 0 Å². The fraction of sp³-hybridized carbons (Fsp3) is 0.929. The van der Waals surface area contributed by atoms with Gasteiger partial charge >= 0.3 is 0 Å². The lowest BCUT2D eigenvalue weighted by molar-refractivity contribution is -0.0693. The van der Waals surface area contributed by atoms with Gasteiger partial charge < -0.3 is 10.2 Å². The van der Waals surface area contributed by atoms with Crippen molar-refractivity contribution >= 4 is 0 Å². The van der Waals surface area contributed by atoms with Crippen molar-refractivity contribution in [3.63, 3.8) is 0 Å². The third kappa shape index (κ3) is 3.62. The van der Waals surface area contributed by atoms with Crippen molar-refractivity contribution in [3.8, 4) is 0 Å². The zero-order valence-corrected chi connectivity index (χ0v) is 20.5. The molecule has 30 heavy (non-hydrogen) atoms. The maximum Gasteiger partial charge on any atom is 0.0577 e. The predicted molar refractivity (Wildman–Crippen MR) is 125 cm³/mol. The minimum atomic E-state index is -0.157. The molecule has 0 aliphatic heterocycles. The van der Waals surface area contributed by atoms with Crippen molar-refractivity contribution in [2.75, 3.05) is 0 Å². The molecule has 2 heteroatoms. The predicted octanol–water partition coefficient (Wildman–Crippen LogP) is 6.61. The summed E-state index contributed by atoms with van der Waals surface area (Å²) in [6.07, 6.45) is 12.9. The van der Waals surface area contributed by atoms with Crippen molar-refractivity contribution < 1.29 is 10.2 Å². The molecule has 4 aliphatic carbocycles. The average molecular weight is 417 g/mol. The molecule has 0 bridgehead atoms. The quantitative estimate of drug-likeness (QED) is 0.495. The van der Waals surface area contributed by atoms with Crippen molar-refractivity contribution in [3.05, 3.63) is 11.6 Å². The summed E-state index contributed by atoms with van der Waals surface area (Å²) in [4.78, 5) is 0. The summed E-state index contributed by atoms with van der Waals surface area (Å²) in [7, 11) is 0. The molecule has 2 nitrogen and oxygen atoms in total. The summed E-state index contributed by atoms with van der Waals surface area (Å²) >= 11 is 0. The van der Waals surface area contributed by atoms with E-state index in [0.29, 0.717) is 34.5 Å². The Labute approximate surface area is 185 Å². The van der Waals surface area contributed by atoms with Crippen molar-refractivity contribution in [1.82, 2.24) is 0 Å². The van der Waals surface area contributed by atoms with Gasteiger partial charge in [-0.2, -0.15) is 0 Å². The molecule has 2 N–H and O–H groups in total. The molecule has 172 valence electrons. The first-order valence-electron chi connectivity index (χ1n) is 13.1. The maximum atomic E-state index is 11.1. The largest absolute Gasteiger partial charge is 0.393 e. The van der Waals surface area contributed by atoms with Gasteiger partial charge in [0.25, 0.3) is 0 Å². The molecule has 0 saturated heterocycles. The Bertz CT molecular complexity index is 653. The van der Waals surface area contributed by atoms with Crippen molar-refractivity contribution in [1.29, 1.82) is 0 Å². The third-order valence-electron chi connectivity index (χ3n) is 11.1. The Morgan fingerprint density at radius 3 is 2.43 bits per heavy atom. The monoisotopic (exact) mass is 416 g/mol. The zero-order chi connectivity index (χ0) is 21.8. The number of aliphatic hydroxyl groups is 2. The van der Waals surface area contributed by atoms with Crippen LogP contribution in [0, 0.1) is 52.3 Å². The molecule has 3 saturated carbocycles. The van der Waals surface area contributed by atoms with Crippen LogP contribution in [0.25, 0.3) is 0 Å². The summed E-state index contributed by atoms with van der Waals surface area (Å²) < 4.78 is 0. The molecule has 10 atom stereocenters. The van der Waals surface area contributed by atoms with E-state index in [1.165, 1.54) is 38.5 Å². The van der Waals surface area contributed by atoms with E-state index in [1.54, 1.807) is 5.57 Å². The maximum absolute atomic E-state index is 11.1. The highest BCUT2D eigenvalue weighted by molar-refractivity contribution is 5.25. The lowest BCUT2D eigenvalue weighted by atomic mass is 9.47. The van der Waals surface area contributed by atoms with Gasteiger partial charge in [-0.15, -0.1) is 0 Å². The fourth-order valence-corrected chi connectivity index (χ4v) is 8.68. The lowest BCUT2D eigenvalue weighted by Gasteiger charge is -2.58. The van der Waals surface area contributed by atoms with Crippen LogP contribution in [-0.4, -0.2) is 22.4 Å². The molecule has 0 aromatic heterocycles. The highest BCUT2D eigenvalue weighted by atomic mass is 16.3. The number of hydrogen-bond donors (Lipinski definition) is 2. The Morgan fingerprint density at radius 1 is 1.00 bits per heavy atom. The Morgan fingerprint density at radius 2 is 1.73 bits per heavy atom. The summed E-state index contributed by atoms with van der Waals surface area (Å²) in [5.74, 6) is 4.76. The van der Waals surface area contributed by atoms with Gasteiger partial charge in [0, 0.05) is 0 Å². The first-order chi connectivity index (χ1) is 14.1. The highest BCUT2D eigenvalue weighted by Gasteiger charge is 2.59. The van der Waals surface area contributed by atoms with Crippen LogP contribution < -0.4 is 0 Å². The second-order valence-corrected chi connectivity index (χ2v) is 12.8. The number of rotatable bonds is 5. The van der Waals surface area contributed by atoms with Crippen LogP contribution in [-0.2, 0) is 0 Å². The van der Waals surface area contributed by atoms with E-state index >= 15 is 0 Å². The standard InChI is InChI=1S/C28H48O2/c1-17(2)18(3)15-26(30)19(4)23-9-10-24-22-8-7-20-16-21(29)11-13-27(20,5)25(22)12-14-28(23,24)6/h7,17-19,21-26,29-30H,8-16H2,1-6H3/t18-,19+,21+,22+,23-,24+,25-,26+,27+,28+/m1/s1. The summed E-state index contributed by atoms with van der Waals surface area (Å²) in [5, 5.41) is 21.4.